The van der Waals surface area contributed by atoms with E-state index in [9.17, 15) is 4.79 Å². The molecule has 0 unspecified atom stereocenters. The van der Waals surface area contributed by atoms with Crippen molar-refractivity contribution in [3.8, 4) is 0 Å². The number of benzene rings is 1. The zero-order valence-electron chi connectivity index (χ0n) is 12.9. The van der Waals surface area contributed by atoms with E-state index in [0.29, 0.717) is 19.1 Å². The topological polar surface area (TPSA) is 53.0 Å². The van der Waals surface area contributed by atoms with Crippen LogP contribution in [0.15, 0.2) is 24.3 Å². The van der Waals surface area contributed by atoms with Crippen LogP contribution in [0, 0.1) is 0 Å². The minimum atomic E-state index is 0.0585. The van der Waals surface area contributed by atoms with Gasteiger partial charge >= 0.3 is 0 Å². The average Bonchev–Trinajstić information content (AvgIpc) is 2.58. The highest BCUT2D eigenvalue weighted by molar-refractivity contribution is 5.79. The molecule has 0 saturated carbocycles. The van der Waals surface area contributed by atoms with Crippen molar-refractivity contribution in [3.05, 3.63) is 35.4 Å². The van der Waals surface area contributed by atoms with Gasteiger partial charge in [0.25, 0.3) is 0 Å². The second-order valence-electron chi connectivity index (χ2n) is 6.10. The standard InChI is InChI=1S/C17H24N2O3/c20-13-15-3-1-14(2-4-15)11-19-8-7-18(12-17(19)21)16-5-9-22-10-6-16/h1-4,16,20H,5-13H2. The third-order valence-corrected chi connectivity index (χ3v) is 4.63. The lowest BCUT2D eigenvalue weighted by molar-refractivity contribution is -0.138. The van der Waals surface area contributed by atoms with E-state index >= 15 is 0 Å². The van der Waals surface area contributed by atoms with Gasteiger partial charge in [0, 0.05) is 38.9 Å². The molecular formula is C17H24N2O3. The molecule has 5 nitrogen and oxygen atoms in total. The van der Waals surface area contributed by atoms with Crippen molar-refractivity contribution in [1.82, 2.24) is 9.80 Å². The maximum absolute atomic E-state index is 12.4. The molecule has 0 aliphatic carbocycles. The maximum atomic E-state index is 12.4. The molecule has 1 aromatic rings. The number of carbonyl (C=O) groups excluding carboxylic acids is 1. The summed E-state index contributed by atoms with van der Waals surface area (Å²) < 4.78 is 5.40. The van der Waals surface area contributed by atoms with Crippen molar-refractivity contribution in [2.45, 2.75) is 32.0 Å². The molecule has 1 amide bonds. The minimum absolute atomic E-state index is 0.0585. The van der Waals surface area contributed by atoms with E-state index in [1.807, 2.05) is 29.2 Å². The Morgan fingerprint density at radius 1 is 1.09 bits per heavy atom. The molecule has 2 aliphatic heterocycles. The lowest BCUT2D eigenvalue weighted by atomic mass is 10.1. The predicted octanol–water partition coefficient (Wildman–Crippen LogP) is 1.00. The van der Waals surface area contributed by atoms with E-state index in [1.54, 1.807) is 0 Å². The Kier molecular flexibility index (Phi) is 5.08. The molecule has 0 spiro atoms. The van der Waals surface area contributed by atoms with Crippen molar-refractivity contribution < 1.29 is 14.6 Å². The summed E-state index contributed by atoms with van der Waals surface area (Å²) in [5, 5.41) is 9.07. The molecule has 2 fully saturated rings. The molecule has 1 aromatic carbocycles. The Labute approximate surface area is 131 Å². The van der Waals surface area contributed by atoms with Gasteiger partial charge in [0.05, 0.1) is 13.2 Å². The number of carbonyl (C=O) groups is 1. The molecule has 5 heteroatoms. The van der Waals surface area contributed by atoms with Crippen molar-refractivity contribution in [2.75, 3.05) is 32.8 Å². The van der Waals surface area contributed by atoms with Gasteiger partial charge in [-0.15, -0.1) is 0 Å². The number of amides is 1. The lowest BCUT2D eigenvalue weighted by Gasteiger charge is -2.40. The van der Waals surface area contributed by atoms with Gasteiger partial charge in [-0.3, -0.25) is 9.69 Å². The van der Waals surface area contributed by atoms with Gasteiger partial charge in [-0.1, -0.05) is 24.3 Å². The third kappa shape index (κ3) is 3.66. The molecule has 2 aliphatic rings. The highest BCUT2D eigenvalue weighted by atomic mass is 16.5. The number of nitrogens with zero attached hydrogens (tertiary/aromatic N) is 2. The largest absolute Gasteiger partial charge is 0.392 e. The van der Waals surface area contributed by atoms with Crippen LogP contribution in [0.1, 0.15) is 24.0 Å². The zero-order valence-corrected chi connectivity index (χ0v) is 12.9. The van der Waals surface area contributed by atoms with E-state index in [1.165, 1.54) is 0 Å². The highest BCUT2D eigenvalue weighted by Gasteiger charge is 2.29. The van der Waals surface area contributed by atoms with Crippen LogP contribution in [0.5, 0.6) is 0 Å². The fourth-order valence-electron chi connectivity index (χ4n) is 3.23. The first-order valence-electron chi connectivity index (χ1n) is 8.04. The van der Waals surface area contributed by atoms with E-state index < -0.39 is 0 Å². The molecule has 0 radical (unpaired) electrons. The molecule has 120 valence electrons. The van der Waals surface area contributed by atoms with Crippen molar-refractivity contribution >= 4 is 5.91 Å². The highest BCUT2D eigenvalue weighted by Crippen LogP contribution is 2.18. The van der Waals surface area contributed by atoms with E-state index in [2.05, 4.69) is 4.90 Å². The number of aliphatic hydroxyl groups is 1. The summed E-state index contributed by atoms with van der Waals surface area (Å²) in [6.07, 6.45) is 2.08. The fraction of sp³-hybridized carbons (Fsp3) is 0.588. The van der Waals surface area contributed by atoms with Crippen molar-refractivity contribution in [1.29, 1.82) is 0 Å². The second kappa shape index (κ2) is 7.22. The number of hydrogen-bond acceptors (Lipinski definition) is 4. The van der Waals surface area contributed by atoms with Crippen LogP contribution in [0.4, 0.5) is 0 Å². The second-order valence-corrected chi connectivity index (χ2v) is 6.10. The minimum Gasteiger partial charge on any atom is -0.392 e. The molecule has 2 heterocycles. The Bertz CT molecular complexity index is 497. The summed E-state index contributed by atoms with van der Waals surface area (Å²) >= 11 is 0. The SMILES string of the molecule is O=C1CN(C2CCOCC2)CCN1Cc1ccc(CO)cc1. The number of ether oxygens (including phenoxy) is 1. The molecule has 1 N–H and O–H groups in total. The van der Waals surface area contributed by atoms with E-state index in [-0.39, 0.29) is 12.5 Å². The molecule has 0 bridgehead atoms. The molecule has 2 saturated heterocycles. The van der Waals surface area contributed by atoms with Crippen LogP contribution < -0.4 is 0 Å². The van der Waals surface area contributed by atoms with Crippen molar-refractivity contribution in [2.24, 2.45) is 0 Å². The molecule has 22 heavy (non-hydrogen) atoms. The Hall–Kier alpha value is -1.43. The molecule has 0 aromatic heterocycles. The summed E-state index contributed by atoms with van der Waals surface area (Å²) in [4.78, 5) is 16.6. The average molecular weight is 304 g/mol. The normalized spacial score (nSPS) is 21.3. The summed E-state index contributed by atoms with van der Waals surface area (Å²) in [7, 11) is 0. The van der Waals surface area contributed by atoms with Gasteiger partial charge < -0.3 is 14.7 Å². The Morgan fingerprint density at radius 3 is 2.41 bits per heavy atom. The summed E-state index contributed by atoms with van der Waals surface area (Å²) in [5.74, 6) is 0.212. The molecule has 0 atom stereocenters. The smallest absolute Gasteiger partial charge is 0.237 e. The number of aliphatic hydroxyl groups excluding tert-OH is 1. The van der Waals surface area contributed by atoms with Crippen LogP contribution in [-0.4, -0.2) is 59.7 Å². The molecule has 3 rings (SSSR count). The fourth-order valence-corrected chi connectivity index (χ4v) is 3.23. The Morgan fingerprint density at radius 2 is 1.77 bits per heavy atom. The number of rotatable bonds is 4. The quantitative estimate of drug-likeness (QED) is 0.902. The van der Waals surface area contributed by atoms with Gasteiger partial charge in [0.15, 0.2) is 0 Å². The van der Waals surface area contributed by atoms with E-state index in [0.717, 1.165) is 50.3 Å². The van der Waals surface area contributed by atoms with Crippen LogP contribution in [0.25, 0.3) is 0 Å². The summed E-state index contributed by atoms with van der Waals surface area (Å²) in [5.41, 5.74) is 2.02. The number of piperazine rings is 1. The van der Waals surface area contributed by atoms with E-state index in [4.69, 9.17) is 9.84 Å². The number of hydrogen-bond donors (Lipinski definition) is 1. The first kappa shape index (κ1) is 15.5. The lowest BCUT2D eigenvalue weighted by Crippen LogP contribution is -2.54. The van der Waals surface area contributed by atoms with Crippen LogP contribution in [0.3, 0.4) is 0 Å². The first-order valence-corrected chi connectivity index (χ1v) is 8.04. The first-order chi connectivity index (χ1) is 10.8. The monoisotopic (exact) mass is 304 g/mol. The molecular weight excluding hydrogens is 280 g/mol. The predicted molar refractivity (Wildman–Crippen MR) is 83.2 cm³/mol. The van der Waals surface area contributed by atoms with Crippen LogP contribution in [-0.2, 0) is 22.7 Å². The van der Waals surface area contributed by atoms with Crippen LogP contribution >= 0.6 is 0 Å². The van der Waals surface area contributed by atoms with Crippen LogP contribution in [0.2, 0.25) is 0 Å². The van der Waals surface area contributed by atoms with Gasteiger partial charge in [0.1, 0.15) is 0 Å². The maximum Gasteiger partial charge on any atom is 0.237 e. The van der Waals surface area contributed by atoms with Gasteiger partial charge in [-0.2, -0.15) is 0 Å². The van der Waals surface area contributed by atoms with Gasteiger partial charge in [-0.05, 0) is 24.0 Å². The Balaban J connectivity index is 1.54. The zero-order chi connectivity index (χ0) is 15.4. The van der Waals surface area contributed by atoms with Gasteiger partial charge in [0.2, 0.25) is 5.91 Å². The third-order valence-electron chi connectivity index (χ3n) is 4.63. The van der Waals surface area contributed by atoms with Crippen molar-refractivity contribution in [3.63, 3.8) is 0 Å². The summed E-state index contributed by atoms with van der Waals surface area (Å²) in [6.45, 7) is 4.62. The van der Waals surface area contributed by atoms with Gasteiger partial charge in [-0.25, -0.2) is 0 Å². The summed E-state index contributed by atoms with van der Waals surface area (Å²) in [6, 6.07) is 8.31.